The molecule has 1 aromatic heterocycles. The Morgan fingerprint density at radius 1 is 1.41 bits per heavy atom. The minimum Gasteiger partial charge on any atom is -0.481 e. The van der Waals surface area contributed by atoms with Crippen LogP contribution >= 0.6 is 0 Å². The van der Waals surface area contributed by atoms with Crippen molar-refractivity contribution in [1.82, 2.24) is 15.5 Å². The summed E-state index contributed by atoms with van der Waals surface area (Å²) >= 11 is 0. The van der Waals surface area contributed by atoms with Crippen LogP contribution in [-0.2, 0) is 16.0 Å². The lowest BCUT2D eigenvalue weighted by molar-refractivity contribution is -0.137. The van der Waals surface area contributed by atoms with Crippen molar-refractivity contribution < 1.29 is 19.2 Å². The van der Waals surface area contributed by atoms with E-state index < -0.39 is 5.97 Å². The van der Waals surface area contributed by atoms with Crippen LogP contribution in [0.2, 0.25) is 0 Å². The van der Waals surface area contributed by atoms with Gasteiger partial charge in [-0.05, 0) is 13.3 Å². The number of hydrogen-bond donors (Lipinski definition) is 2. The zero-order chi connectivity index (χ0) is 12.7. The number of carboxylic acid groups (broad SMARTS) is 1. The topological polar surface area (TPSA) is 105 Å². The summed E-state index contributed by atoms with van der Waals surface area (Å²) in [5.74, 6) is -0.0113. The van der Waals surface area contributed by atoms with E-state index in [0.717, 1.165) is 0 Å². The number of carbonyl (C=O) groups is 2. The van der Waals surface area contributed by atoms with Gasteiger partial charge < -0.3 is 14.9 Å². The van der Waals surface area contributed by atoms with Crippen molar-refractivity contribution >= 4 is 11.9 Å². The van der Waals surface area contributed by atoms with Crippen molar-refractivity contribution in [2.45, 2.75) is 32.6 Å². The molecule has 0 saturated carbocycles. The van der Waals surface area contributed by atoms with Gasteiger partial charge in [0, 0.05) is 25.8 Å². The average molecular weight is 241 g/mol. The maximum absolute atomic E-state index is 11.2. The van der Waals surface area contributed by atoms with Gasteiger partial charge in [0.15, 0.2) is 5.82 Å². The quantitative estimate of drug-likeness (QED) is 0.710. The molecule has 0 fully saturated rings. The van der Waals surface area contributed by atoms with Crippen molar-refractivity contribution in [2.75, 3.05) is 6.54 Å². The minimum absolute atomic E-state index is 0.0102. The second-order valence-electron chi connectivity index (χ2n) is 3.58. The van der Waals surface area contributed by atoms with Crippen molar-refractivity contribution in [2.24, 2.45) is 0 Å². The minimum atomic E-state index is -0.890. The molecule has 7 heteroatoms. The van der Waals surface area contributed by atoms with E-state index in [1.165, 1.54) is 0 Å². The van der Waals surface area contributed by atoms with Crippen LogP contribution in [0.3, 0.4) is 0 Å². The van der Waals surface area contributed by atoms with Gasteiger partial charge in [-0.2, -0.15) is 4.98 Å². The summed E-state index contributed by atoms with van der Waals surface area (Å²) in [5.41, 5.74) is 0. The smallest absolute Gasteiger partial charge is 0.303 e. The van der Waals surface area contributed by atoms with Gasteiger partial charge in [0.25, 0.3) is 0 Å². The van der Waals surface area contributed by atoms with E-state index in [0.29, 0.717) is 31.1 Å². The Labute approximate surface area is 98.2 Å². The fraction of sp³-hybridized carbons (Fsp3) is 0.600. The standard InChI is InChI=1S/C10H15N3O4/c1-7-12-9(17-13-7)5-6-11-8(14)3-2-4-10(15)16/h2-6H2,1H3,(H,11,14)(H,15,16). The van der Waals surface area contributed by atoms with Gasteiger partial charge in [0.1, 0.15) is 0 Å². The molecular formula is C10H15N3O4. The van der Waals surface area contributed by atoms with Crippen LogP contribution in [0.4, 0.5) is 0 Å². The SMILES string of the molecule is Cc1noc(CCNC(=O)CCCC(=O)O)n1. The zero-order valence-corrected chi connectivity index (χ0v) is 9.60. The number of aromatic nitrogens is 2. The predicted octanol–water partition coefficient (Wildman–Crippen LogP) is 0.292. The highest BCUT2D eigenvalue weighted by Crippen LogP contribution is 1.97. The Morgan fingerprint density at radius 3 is 2.76 bits per heavy atom. The summed E-state index contributed by atoms with van der Waals surface area (Å²) in [6, 6.07) is 0. The van der Waals surface area contributed by atoms with E-state index in [1.54, 1.807) is 6.92 Å². The zero-order valence-electron chi connectivity index (χ0n) is 9.60. The van der Waals surface area contributed by atoms with Crippen LogP contribution in [-0.4, -0.2) is 33.7 Å². The van der Waals surface area contributed by atoms with E-state index >= 15 is 0 Å². The first-order chi connectivity index (χ1) is 8.08. The van der Waals surface area contributed by atoms with Crippen LogP contribution in [0.1, 0.15) is 31.0 Å². The number of hydrogen-bond acceptors (Lipinski definition) is 5. The molecule has 0 bridgehead atoms. The van der Waals surface area contributed by atoms with Crippen LogP contribution < -0.4 is 5.32 Å². The van der Waals surface area contributed by atoms with Gasteiger partial charge >= 0.3 is 5.97 Å². The molecule has 0 aliphatic heterocycles. The van der Waals surface area contributed by atoms with Crippen LogP contribution in [0, 0.1) is 6.92 Å². The van der Waals surface area contributed by atoms with Gasteiger partial charge in [0.2, 0.25) is 11.8 Å². The Kier molecular flexibility index (Phi) is 5.12. The fourth-order valence-corrected chi connectivity index (χ4v) is 1.24. The number of aryl methyl sites for hydroxylation is 1. The van der Waals surface area contributed by atoms with Crippen molar-refractivity contribution in [1.29, 1.82) is 0 Å². The third-order valence-corrected chi connectivity index (χ3v) is 2.03. The lowest BCUT2D eigenvalue weighted by atomic mass is 10.2. The van der Waals surface area contributed by atoms with E-state index in [9.17, 15) is 9.59 Å². The molecule has 0 aromatic carbocycles. The van der Waals surface area contributed by atoms with Crippen LogP contribution in [0.25, 0.3) is 0 Å². The molecule has 0 radical (unpaired) electrons. The fourth-order valence-electron chi connectivity index (χ4n) is 1.24. The van der Waals surface area contributed by atoms with Crippen molar-refractivity contribution in [3.05, 3.63) is 11.7 Å². The van der Waals surface area contributed by atoms with Gasteiger partial charge in [0.05, 0.1) is 0 Å². The van der Waals surface area contributed by atoms with Crippen LogP contribution in [0.15, 0.2) is 4.52 Å². The molecule has 2 N–H and O–H groups in total. The summed E-state index contributed by atoms with van der Waals surface area (Å²) in [5, 5.41) is 14.7. The highest BCUT2D eigenvalue weighted by Gasteiger charge is 2.05. The molecule has 0 aliphatic rings. The van der Waals surface area contributed by atoms with E-state index in [-0.39, 0.29) is 18.7 Å². The second kappa shape index (κ2) is 6.62. The van der Waals surface area contributed by atoms with Crippen LogP contribution in [0.5, 0.6) is 0 Å². The molecule has 94 valence electrons. The summed E-state index contributed by atoms with van der Waals surface area (Å²) in [4.78, 5) is 25.5. The Bertz CT molecular complexity index is 389. The average Bonchev–Trinajstić information content (AvgIpc) is 2.63. The van der Waals surface area contributed by atoms with Gasteiger partial charge in [-0.3, -0.25) is 9.59 Å². The normalized spacial score (nSPS) is 10.2. The van der Waals surface area contributed by atoms with E-state index in [2.05, 4.69) is 15.5 Å². The molecule has 1 heterocycles. The highest BCUT2D eigenvalue weighted by molar-refractivity contribution is 5.76. The number of amides is 1. The van der Waals surface area contributed by atoms with Crippen molar-refractivity contribution in [3.8, 4) is 0 Å². The Morgan fingerprint density at radius 2 is 2.18 bits per heavy atom. The van der Waals surface area contributed by atoms with E-state index in [1.807, 2.05) is 0 Å². The molecule has 0 unspecified atom stereocenters. The summed E-state index contributed by atoms with van der Waals surface area (Å²) in [6.07, 6.45) is 1.05. The Balaban J connectivity index is 2.10. The molecule has 1 rings (SSSR count). The second-order valence-corrected chi connectivity index (χ2v) is 3.58. The molecule has 0 atom stereocenters. The number of aliphatic carboxylic acids is 1. The molecule has 17 heavy (non-hydrogen) atoms. The van der Waals surface area contributed by atoms with Gasteiger partial charge in [-0.15, -0.1) is 0 Å². The third kappa shape index (κ3) is 5.64. The monoisotopic (exact) mass is 241 g/mol. The lowest BCUT2D eigenvalue weighted by Gasteiger charge is -2.01. The van der Waals surface area contributed by atoms with Gasteiger partial charge in [-0.25, -0.2) is 0 Å². The number of carboxylic acids is 1. The molecule has 7 nitrogen and oxygen atoms in total. The Hall–Kier alpha value is -1.92. The number of rotatable bonds is 7. The summed E-state index contributed by atoms with van der Waals surface area (Å²) < 4.78 is 4.87. The molecule has 0 saturated heterocycles. The summed E-state index contributed by atoms with van der Waals surface area (Å²) in [6.45, 7) is 2.13. The molecule has 0 spiro atoms. The maximum Gasteiger partial charge on any atom is 0.303 e. The first kappa shape index (κ1) is 13.1. The van der Waals surface area contributed by atoms with E-state index in [4.69, 9.17) is 9.63 Å². The number of nitrogens with one attached hydrogen (secondary N) is 1. The first-order valence-corrected chi connectivity index (χ1v) is 5.35. The van der Waals surface area contributed by atoms with Gasteiger partial charge in [-0.1, -0.05) is 5.16 Å². The predicted molar refractivity (Wildman–Crippen MR) is 57.2 cm³/mol. The first-order valence-electron chi connectivity index (χ1n) is 5.35. The number of carbonyl (C=O) groups excluding carboxylic acids is 1. The molecular weight excluding hydrogens is 226 g/mol. The highest BCUT2D eigenvalue weighted by atomic mass is 16.5. The number of nitrogens with zero attached hydrogens (tertiary/aromatic N) is 2. The van der Waals surface area contributed by atoms with Crippen molar-refractivity contribution in [3.63, 3.8) is 0 Å². The molecule has 1 amide bonds. The molecule has 0 aliphatic carbocycles. The summed E-state index contributed by atoms with van der Waals surface area (Å²) in [7, 11) is 0. The molecule has 1 aromatic rings. The lowest BCUT2D eigenvalue weighted by Crippen LogP contribution is -2.25. The maximum atomic E-state index is 11.2. The third-order valence-electron chi connectivity index (χ3n) is 2.03. The largest absolute Gasteiger partial charge is 0.481 e.